The second-order valence-corrected chi connectivity index (χ2v) is 6.29. The van der Waals surface area contributed by atoms with Gasteiger partial charge in [0.1, 0.15) is 6.04 Å². The van der Waals surface area contributed by atoms with Crippen LogP contribution >= 0.6 is 11.8 Å². The van der Waals surface area contributed by atoms with Gasteiger partial charge < -0.3 is 10.0 Å². The van der Waals surface area contributed by atoms with E-state index in [0.717, 1.165) is 17.5 Å². The molecule has 1 aromatic rings. The van der Waals surface area contributed by atoms with E-state index >= 15 is 0 Å². The second kappa shape index (κ2) is 5.87. The fraction of sp³-hybridized carbons (Fsp3) is 0.467. The van der Waals surface area contributed by atoms with Crippen molar-refractivity contribution in [2.24, 2.45) is 0 Å². The van der Waals surface area contributed by atoms with E-state index in [-0.39, 0.29) is 11.3 Å². The van der Waals surface area contributed by atoms with Gasteiger partial charge in [-0.05, 0) is 31.9 Å². The number of hydrogen-bond donors (Lipinski definition) is 1. The van der Waals surface area contributed by atoms with Crippen LogP contribution in [0.4, 0.5) is 0 Å². The summed E-state index contributed by atoms with van der Waals surface area (Å²) in [5, 5.41) is 9.26. The summed E-state index contributed by atoms with van der Waals surface area (Å²) in [6.45, 7) is 5.79. The number of thioether (sulfide) groups is 1. The molecule has 0 radical (unpaired) electrons. The van der Waals surface area contributed by atoms with Crippen molar-refractivity contribution in [3.8, 4) is 0 Å². The zero-order valence-corrected chi connectivity index (χ0v) is 12.7. The van der Waals surface area contributed by atoms with Crippen LogP contribution < -0.4 is 0 Å². The van der Waals surface area contributed by atoms with Crippen LogP contribution in [-0.2, 0) is 4.79 Å². The summed E-state index contributed by atoms with van der Waals surface area (Å²) in [4.78, 5) is 25.6. The van der Waals surface area contributed by atoms with E-state index in [0.29, 0.717) is 11.3 Å². The second-order valence-electron chi connectivity index (χ2n) is 5.08. The molecule has 0 spiro atoms. The Morgan fingerprint density at radius 1 is 1.40 bits per heavy atom. The molecule has 5 heteroatoms. The van der Waals surface area contributed by atoms with Crippen LogP contribution in [-0.4, -0.2) is 39.1 Å². The van der Waals surface area contributed by atoms with Gasteiger partial charge >= 0.3 is 5.97 Å². The van der Waals surface area contributed by atoms with Gasteiger partial charge in [-0.15, -0.1) is 11.8 Å². The van der Waals surface area contributed by atoms with Crippen LogP contribution in [0.15, 0.2) is 18.2 Å². The number of carboxylic acids is 1. The lowest BCUT2D eigenvalue weighted by Crippen LogP contribution is -2.45. The molecule has 20 heavy (non-hydrogen) atoms. The molecule has 108 valence electrons. The molecule has 1 saturated heterocycles. The average Bonchev–Trinajstić information content (AvgIpc) is 2.84. The zero-order valence-electron chi connectivity index (χ0n) is 11.9. The lowest BCUT2D eigenvalue weighted by molar-refractivity contribution is -0.141. The number of aryl methyl sites for hydroxylation is 2. The molecule has 2 rings (SSSR count). The van der Waals surface area contributed by atoms with Crippen LogP contribution in [0.3, 0.4) is 0 Å². The third-order valence-electron chi connectivity index (χ3n) is 3.58. The number of benzene rings is 1. The largest absolute Gasteiger partial charge is 0.480 e. The van der Waals surface area contributed by atoms with Gasteiger partial charge in [0.05, 0.1) is 5.37 Å². The Morgan fingerprint density at radius 3 is 2.70 bits per heavy atom. The molecular formula is C15H19NO3S. The quantitative estimate of drug-likeness (QED) is 0.931. The minimum atomic E-state index is -0.924. The lowest BCUT2D eigenvalue weighted by Gasteiger charge is -2.27. The van der Waals surface area contributed by atoms with Gasteiger partial charge in [-0.25, -0.2) is 4.79 Å². The Balaban J connectivity index is 2.38. The fourth-order valence-corrected chi connectivity index (χ4v) is 3.79. The van der Waals surface area contributed by atoms with Gasteiger partial charge in [0.2, 0.25) is 0 Å². The number of carbonyl (C=O) groups excluding carboxylic acids is 1. The highest BCUT2D eigenvalue weighted by molar-refractivity contribution is 8.00. The number of rotatable bonds is 3. The van der Waals surface area contributed by atoms with Crippen LogP contribution in [0.5, 0.6) is 0 Å². The third kappa shape index (κ3) is 2.68. The van der Waals surface area contributed by atoms with Crippen molar-refractivity contribution >= 4 is 23.6 Å². The molecule has 0 aromatic heterocycles. The normalized spacial score (nSPS) is 22.1. The third-order valence-corrected chi connectivity index (χ3v) is 5.04. The van der Waals surface area contributed by atoms with E-state index in [1.54, 1.807) is 11.8 Å². The van der Waals surface area contributed by atoms with Crippen molar-refractivity contribution in [1.29, 1.82) is 0 Å². The molecule has 1 aliphatic heterocycles. The monoisotopic (exact) mass is 293 g/mol. The van der Waals surface area contributed by atoms with Crippen LogP contribution in [0.1, 0.15) is 34.8 Å². The van der Waals surface area contributed by atoms with Gasteiger partial charge in [-0.3, -0.25) is 4.79 Å². The smallest absolute Gasteiger partial charge is 0.327 e. The molecule has 1 amide bonds. The maximum absolute atomic E-state index is 12.8. The van der Waals surface area contributed by atoms with Crippen molar-refractivity contribution in [1.82, 2.24) is 4.90 Å². The highest BCUT2D eigenvalue weighted by Crippen LogP contribution is 2.33. The minimum absolute atomic E-state index is 0.0523. The first-order chi connectivity index (χ1) is 9.45. The first kappa shape index (κ1) is 14.9. The zero-order chi connectivity index (χ0) is 14.9. The molecule has 0 bridgehead atoms. The molecule has 2 unspecified atom stereocenters. The van der Waals surface area contributed by atoms with Gasteiger partial charge in [0.15, 0.2) is 0 Å². The summed E-state index contributed by atoms with van der Waals surface area (Å²) < 4.78 is 0. The summed E-state index contributed by atoms with van der Waals surface area (Å²) >= 11 is 1.54. The van der Waals surface area contributed by atoms with E-state index in [4.69, 9.17) is 0 Å². The molecule has 1 heterocycles. The Hall–Kier alpha value is -1.49. The fourth-order valence-electron chi connectivity index (χ4n) is 2.45. The molecule has 1 fully saturated rings. The van der Waals surface area contributed by atoms with Crippen molar-refractivity contribution in [3.63, 3.8) is 0 Å². The minimum Gasteiger partial charge on any atom is -0.480 e. The van der Waals surface area contributed by atoms with E-state index in [1.165, 1.54) is 4.90 Å². The molecule has 0 saturated carbocycles. The lowest BCUT2D eigenvalue weighted by atomic mass is 10.0. The summed E-state index contributed by atoms with van der Waals surface area (Å²) in [6, 6.07) is 4.98. The van der Waals surface area contributed by atoms with Crippen molar-refractivity contribution < 1.29 is 14.7 Å². The van der Waals surface area contributed by atoms with Gasteiger partial charge in [0, 0.05) is 11.3 Å². The standard InChI is InChI=1S/C15H19NO3S/c1-4-13-16(12(8-20-13)15(18)19)14(17)11-7-9(2)5-6-10(11)3/h5-7,12-13H,4,8H2,1-3H3,(H,18,19). The summed E-state index contributed by atoms with van der Waals surface area (Å²) in [5.74, 6) is -0.632. The number of amides is 1. The van der Waals surface area contributed by atoms with Crippen molar-refractivity contribution in [3.05, 3.63) is 34.9 Å². The molecule has 1 N–H and O–H groups in total. The number of aliphatic carboxylic acids is 1. The number of carbonyl (C=O) groups is 2. The van der Waals surface area contributed by atoms with E-state index in [1.807, 2.05) is 39.0 Å². The predicted octanol–water partition coefficient (Wildman–Crippen LogP) is 2.68. The van der Waals surface area contributed by atoms with E-state index in [9.17, 15) is 14.7 Å². The number of hydrogen-bond acceptors (Lipinski definition) is 3. The topological polar surface area (TPSA) is 57.6 Å². The number of nitrogens with zero attached hydrogens (tertiary/aromatic N) is 1. The number of carboxylic acid groups (broad SMARTS) is 1. The average molecular weight is 293 g/mol. The SMILES string of the molecule is CCC1SCC(C(=O)O)N1C(=O)c1cc(C)ccc1C. The van der Waals surface area contributed by atoms with Crippen LogP contribution in [0.25, 0.3) is 0 Å². The van der Waals surface area contributed by atoms with Crippen LogP contribution in [0, 0.1) is 13.8 Å². The molecule has 4 nitrogen and oxygen atoms in total. The van der Waals surface area contributed by atoms with E-state index < -0.39 is 12.0 Å². The molecule has 2 atom stereocenters. The Bertz CT molecular complexity index is 544. The Labute approximate surface area is 123 Å². The Morgan fingerprint density at radius 2 is 2.10 bits per heavy atom. The maximum atomic E-state index is 12.8. The van der Waals surface area contributed by atoms with Gasteiger partial charge in [0.25, 0.3) is 5.91 Å². The summed E-state index contributed by atoms with van der Waals surface area (Å²) in [7, 11) is 0. The molecule has 1 aromatic carbocycles. The molecule has 0 aliphatic carbocycles. The van der Waals surface area contributed by atoms with Gasteiger partial charge in [-0.1, -0.05) is 24.6 Å². The molecule has 1 aliphatic rings. The van der Waals surface area contributed by atoms with Crippen LogP contribution in [0.2, 0.25) is 0 Å². The maximum Gasteiger partial charge on any atom is 0.327 e. The first-order valence-corrected chi connectivity index (χ1v) is 7.75. The molecular weight excluding hydrogens is 274 g/mol. The predicted molar refractivity (Wildman–Crippen MR) is 80.0 cm³/mol. The van der Waals surface area contributed by atoms with Crippen molar-refractivity contribution in [2.75, 3.05) is 5.75 Å². The Kier molecular flexibility index (Phi) is 4.38. The summed E-state index contributed by atoms with van der Waals surface area (Å²) in [5.41, 5.74) is 2.50. The van der Waals surface area contributed by atoms with E-state index in [2.05, 4.69) is 0 Å². The van der Waals surface area contributed by atoms with Gasteiger partial charge in [-0.2, -0.15) is 0 Å². The summed E-state index contributed by atoms with van der Waals surface area (Å²) in [6.07, 6.45) is 0.755. The highest BCUT2D eigenvalue weighted by Gasteiger charge is 2.41. The highest BCUT2D eigenvalue weighted by atomic mass is 32.2. The van der Waals surface area contributed by atoms with Crippen molar-refractivity contribution in [2.45, 2.75) is 38.6 Å². The first-order valence-electron chi connectivity index (χ1n) is 6.70.